The van der Waals surface area contributed by atoms with Gasteiger partial charge in [-0.15, -0.1) is 0 Å². The van der Waals surface area contributed by atoms with Gasteiger partial charge in [-0.05, 0) is 26.3 Å². The quantitative estimate of drug-likeness (QED) is 0.852. The van der Waals surface area contributed by atoms with Crippen molar-refractivity contribution < 1.29 is 24.0 Å². The molecule has 1 heterocycles. The molecule has 1 amide bonds. The molecular formula is C16H16ClN2O5-. The predicted octanol–water partition coefficient (Wildman–Crippen LogP) is 1.89. The molecule has 0 bridgehead atoms. The molecule has 24 heavy (non-hydrogen) atoms. The number of benzene rings is 1. The van der Waals surface area contributed by atoms with Crippen molar-refractivity contribution >= 4 is 29.2 Å². The second-order valence-corrected chi connectivity index (χ2v) is 5.58. The smallest absolute Gasteiger partial charge is 0.224 e. The number of aromatic nitrogens is 1. The normalized spacial score (nSPS) is 10.5. The van der Waals surface area contributed by atoms with Gasteiger partial charge in [-0.3, -0.25) is 4.79 Å². The molecule has 0 unspecified atom stereocenters. The van der Waals surface area contributed by atoms with Crippen LogP contribution in [0.1, 0.15) is 33.8 Å². The number of anilines is 1. The van der Waals surface area contributed by atoms with Gasteiger partial charge in [0.15, 0.2) is 0 Å². The van der Waals surface area contributed by atoms with Crippen LogP contribution in [0.3, 0.4) is 0 Å². The zero-order valence-electron chi connectivity index (χ0n) is 13.4. The molecular weight excluding hydrogens is 336 g/mol. The van der Waals surface area contributed by atoms with Gasteiger partial charge in [-0.2, -0.15) is 0 Å². The van der Waals surface area contributed by atoms with E-state index in [1.165, 1.54) is 19.2 Å². The van der Waals surface area contributed by atoms with E-state index >= 15 is 0 Å². The molecule has 8 heteroatoms. The monoisotopic (exact) mass is 351 g/mol. The first-order chi connectivity index (χ1) is 11.3. The Morgan fingerprint density at radius 3 is 2.62 bits per heavy atom. The van der Waals surface area contributed by atoms with Crippen molar-refractivity contribution in [3.63, 3.8) is 0 Å². The van der Waals surface area contributed by atoms with Crippen LogP contribution in [0, 0.1) is 13.8 Å². The number of carboxylic acid groups (broad SMARTS) is 1. The van der Waals surface area contributed by atoms with Gasteiger partial charge in [0.25, 0.3) is 0 Å². The van der Waals surface area contributed by atoms with Crippen molar-refractivity contribution in [3.05, 3.63) is 39.7 Å². The number of methoxy groups -OCH3 is 1. The summed E-state index contributed by atoms with van der Waals surface area (Å²) in [4.78, 5) is 23.1. The van der Waals surface area contributed by atoms with Gasteiger partial charge in [0.1, 0.15) is 11.5 Å². The van der Waals surface area contributed by atoms with Crippen LogP contribution in [0.15, 0.2) is 16.7 Å². The highest BCUT2D eigenvalue weighted by atomic mass is 35.5. The van der Waals surface area contributed by atoms with Gasteiger partial charge < -0.3 is 24.5 Å². The Morgan fingerprint density at radius 1 is 1.38 bits per heavy atom. The average molecular weight is 352 g/mol. The SMILES string of the molecule is COc1cc(NC(=O)CCc2c(C)noc2C)c(Cl)cc1C(=O)[O-]. The Bertz CT molecular complexity index is 766. The molecule has 1 N–H and O–H groups in total. The standard InChI is InChI=1S/C16H17ClN2O5/c1-8-10(9(2)24-19-8)4-5-15(20)18-13-7-14(23-3)11(16(21)22)6-12(13)17/h6-7H,4-5H2,1-3H3,(H,18,20)(H,21,22)/p-1. The summed E-state index contributed by atoms with van der Waals surface area (Å²) in [5.74, 6) is -0.955. The molecule has 0 saturated heterocycles. The molecule has 2 rings (SSSR count). The van der Waals surface area contributed by atoms with Crippen LogP contribution >= 0.6 is 11.6 Å². The fourth-order valence-corrected chi connectivity index (χ4v) is 2.50. The van der Waals surface area contributed by atoms with E-state index in [9.17, 15) is 14.7 Å². The molecule has 1 aromatic carbocycles. The molecule has 0 atom stereocenters. The lowest BCUT2D eigenvalue weighted by Gasteiger charge is -2.14. The van der Waals surface area contributed by atoms with E-state index in [0.717, 1.165) is 11.3 Å². The van der Waals surface area contributed by atoms with Crippen LogP contribution in [0.5, 0.6) is 5.75 Å². The topological polar surface area (TPSA) is 104 Å². The fraction of sp³-hybridized carbons (Fsp3) is 0.312. The van der Waals surface area contributed by atoms with Crippen molar-refractivity contribution in [2.24, 2.45) is 0 Å². The summed E-state index contributed by atoms with van der Waals surface area (Å²) in [7, 11) is 1.32. The lowest BCUT2D eigenvalue weighted by atomic mass is 10.1. The third-order valence-electron chi connectivity index (χ3n) is 3.57. The third-order valence-corrected chi connectivity index (χ3v) is 3.88. The number of aryl methyl sites for hydroxylation is 2. The third kappa shape index (κ3) is 3.86. The Kier molecular flexibility index (Phi) is 5.46. The van der Waals surface area contributed by atoms with Gasteiger partial charge in [-0.25, -0.2) is 0 Å². The van der Waals surface area contributed by atoms with E-state index in [1.54, 1.807) is 6.92 Å². The highest BCUT2D eigenvalue weighted by Gasteiger charge is 2.14. The fourth-order valence-electron chi connectivity index (χ4n) is 2.29. The summed E-state index contributed by atoms with van der Waals surface area (Å²) in [5, 5.41) is 17.6. The van der Waals surface area contributed by atoms with Gasteiger partial charge in [0.2, 0.25) is 5.91 Å². The zero-order chi connectivity index (χ0) is 17.9. The maximum Gasteiger partial charge on any atom is 0.224 e. The minimum Gasteiger partial charge on any atom is -0.545 e. The van der Waals surface area contributed by atoms with Crippen LogP contribution in [-0.2, 0) is 11.2 Å². The molecule has 0 aliphatic rings. The summed E-state index contributed by atoms with van der Waals surface area (Å²) in [5.41, 5.74) is 1.72. The predicted molar refractivity (Wildman–Crippen MR) is 85.3 cm³/mol. The van der Waals surface area contributed by atoms with Gasteiger partial charge in [-0.1, -0.05) is 16.8 Å². The maximum atomic E-state index is 12.1. The van der Waals surface area contributed by atoms with Crippen molar-refractivity contribution in [2.45, 2.75) is 26.7 Å². The highest BCUT2D eigenvalue weighted by Crippen LogP contribution is 2.31. The first-order valence-electron chi connectivity index (χ1n) is 7.14. The summed E-state index contributed by atoms with van der Waals surface area (Å²) >= 11 is 6.01. The maximum absolute atomic E-state index is 12.1. The van der Waals surface area contributed by atoms with E-state index in [1.807, 2.05) is 6.92 Å². The number of aromatic carboxylic acids is 1. The lowest BCUT2D eigenvalue weighted by molar-refractivity contribution is -0.255. The summed E-state index contributed by atoms with van der Waals surface area (Å²) in [6.45, 7) is 3.60. The molecule has 2 aromatic rings. The number of rotatable bonds is 6. The second-order valence-electron chi connectivity index (χ2n) is 5.17. The first-order valence-corrected chi connectivity index (χ1v) is 7.51. The number of amides is 1. The number of hydrogen-bond acceptors (Lipinski definition) is 6. The number of nitrogens with zero attached hydrogens (tertiary/aromatic N) is 1. The average Bonchev–Trinajstić information content (AvgIpc) is 2.85. The van der Waals surface area contributed by atoms with Crippen LogP contribution in [-0.4, -0.2) is 24.1 Å². The van der Waals surface area contributed by atoms with Crippen molar-refractivity contribution in [2.75, 3.05) is 12.4 Å². The molecule has 0 aliphatic heterocycles. The number of ether oxygens (including phenoxy) is 1. The first kappa shape index (κ1) is 17.8. The summed E-state index contributed by atoms with van der Waals surface area (Å²) in [6.07, 6.45) is 0.669. The summed E-state index contributed by atoms with van der Waals surface area (Å²) < 4.78 is 10.0. The Balaban J connectivity index is 2.10. The van der Waals surface area contributed by atoms with Gasteiger partial charge in [0.05, 0.1) is 29.5 Å². The van der Waals surface area contributed by atoms with E-state index < -0.39 is 5.97 Å². The number of hydrogen-bond donors (Lipinski definition) is 1. The van der Waals surface area contributed by atoms with Gasteiger partial charge >= 0.3 is 0 Å². The molecule has 0 fully saturated rings. The number of carbonyl (C=O) groups excluding carboxylic acids is 2. The van der Waals surface area contributed by atoms with Crippen molar-refractivity contribution in [1.82, 2.24) is 5.16 Å². The van der Waals surface area contributed by atoms with E-state index in [4.69, 9.17) is 20.9 Å². The molecule has 0 radical (unpaired) electrons. The molecule has 128 valence electrons. The zero-order valence-corrected chi connectivity index (χ0v) is 14.2. The Hall–Kier alpha value is -2.54. The van der Waals surface area contributed by atoms with Crippen LogP contribution in [0.2, 0.25) is 5.02 Å². The highest BCUT2D eigenvalue weighted by molar-refractivity contribution is 6.34. The minimum atomic E-state index is -1.41. The molecule has 0 aliphatic carbocycles. The molecule has 1 aromatic heterocycles. The number of carbonyl (C=O) groups is 2. The van der Waals surface area contributed by atoms with E-state index in [2.05, 4.69) is 10.5 Å². The largest absolute Gasteiger partial charge is 0.545 e. The lowest BCUT2D eigenvalue weighted by Crippen LogP contribution is -2.23. The molecule has 7 nitrogen and oxygen atoms in total. The summed E-state index contributed by atoms with van der Waals surface area (Å²) in [6, 6.07) is 2.53. The van der Waals surface area contributed by atoms with Crippen LogP contribution in [0.4, 0.5) is 5.69 Å². The van der Waals surface area contributed by atoms with Gasteiger partial charge in [0, 0.05) is 23.6 Å². The van der Waals surface area contributed by atoms with E-state index in [0.29, 0.717) is 12.2 Å². The second kappa shape index (κ2) is 7.35. The molecule has 0 saturated carbocycles. The number of nitrogens with one attached hydrogen (secondary N) is 1. The van der Waals surface area contributed by atoms with Crippen molar-refractivity contribution in [3.8, 4) is 5.75 Å². The van der Waals surface area contributed by atoms with Crippen LogP contribution < -0.4 is 15.2 Å². The Labute approximate surface area is 143 Å². The minimum absolute atomic E-state index is 0.0559. The number of carboxylic acids is 1. The van der Waals surface area contributed by atoms with Crippen molar-refractivity contribution in [1.29, 1.82) is 0 Å². The number of halogens is 1. The van der Waals surface area contributed by atoms with E-state index in [-0.39, 0.29) is 34.4 Å². The molecule has 0 spiro atoms. The Morgan fingerprint density at radius 2 is 2.08 bits per heavy atom. The van der Waals surface area contributed by atoms with Crippen LogP contribution in [0.25, 0.3) is 0 Å².